The normalized spacial score (nSPS) is 10.0. The predicted octanol–water partition coefficient (Wildman–Crippen LogP) is 3.28. The number of amides is 1. The van der Waals surface area contributed by atoms with E-state index in [1.165, 1.54) is 0 Å². The molecule has 14 heavy (non-hydrogen) atoms. The molecular formula is C9H9BrClNOS. The molecule has 1 rings (SSSR count). The molecule has 0 aliphatic rings. The smallest absolute Gasteiger partial charge is 0.234 e. The van der Waals surface area contributed by atoms with Crippen LogP contribution in [-0.4, -0.2) is 11.7 Å². The highest BCUT2D eigenvalue weighted by Crippen LogP contribution is 2.29. The van der Waals surface area contributed by atoms with Gasteiger partial charge in [-0.25, -0.2) is 0 Å². The molecule has 0 saturated carbocycles. The third-order valence-electron chi connectivity index (χ3n) is 1.67. The fourth-order valence-electron chi connectivity index (χ4n) is 0.932. The first-order valence-corrected chi connectivity index (χ1v) is 5.71. The van der Waals surface area contributed by atoms with Crippen LogP contribution in [-0.2, 0) is 4.79 Å². The van der Waals surface area contributed by atoms with E-state index in [1.807, 2.05) is 13.0 Å². The Hall–Kier alpha value is -0.190. The number of hydrogen-bond acceptors (Lipinski definition) is 2. The second kappa shape index (κ2) is 5.05. The molecule has 1 N–H and O–H groups in total. The lowest BCUT2D eigenvalue weighted by molar-refractivity contribution is -0.113. The van der Waals surface area contributed by atoms with Gasteiger partial charge in [0.2, 0.25) is 5.91 Å². The van der Waals surface area contributed by atoms with Gasteiger partial charge in [-0.2, -0.15) is 12.6 Å². The summed E-state index contributed by atoms with van der Waals surface area (Å²) in [6, 6.07) is 3.57. The molecular weight excluding hydrogens is 286 g/mol. The van der Waals surface area contributed by atoms with E-state index >= 15 is 0 Å². The molecule has 0 spiro atoms. The Balaban J connectivity index is 2.98. The first-order chi connectivity index (χ1) is 6.54. The Kier molecular flexibility index (Phi) is 4.29. The van der Waals surface area contributed by atoms with Crippen molar-refractivity contribution in [3.8, 4) is 0 Å². The van der Waals surface area contributed by atoms with Crippen LogP contribution in [0, 0.1) is 6.92 Å². The van der Waals surface area contributed by atoms with Crippen molar-refractivity contribution < 1.29 is 4.79 Å². The molecule has 0 radical (unpaired) electrons. The fraction of sp³-hybridized carbons (Fsp3) is 0.222. The van der Waals surface area contributed by atoms with Crippen LogP contribution in [0.2, 0.25) is 5.02 Å². The largest absolute Gasteiger partial charge is 0.324 e. The van der Waals surface area contributed by atoms with Gasteiger partial charge >= 0.3 is 0 Å². The van der Waals surface area contributed by atoms with Crippen molar-refractivity contribution in [2.45, 2.75) is 6.92 Å². The maximum Gasteiger partial charge on any atom is 0.234 e. The van der Waals surface area contributed by atoms with Gasteiger partial charge in [0, 0.05) is 9.50 Å². The van der Waals surface area contributed by atoms with Crippen molar-refractivity contribution in [2.24, 2.45) is 0 Å². The molecule has 0 unspecified atom stereocenters. The van der Waals surface area contributed by atoms with Crippen molar-refractivity contribution in [1.29, 1.82) is 0 Å². The van der Waals surface area contributed by atoms with Gasteiger partial charge in [0.1, 0.15) is 0 Å². The van der Waals surface area contributed by atoms with E-state index in [-0.39, 0.29) is 11.7 Å². The van der Waals surface area contributed by atoms with Crippen molar-refractivity contribution in [2.75, 3.05) is 11.1 Å². The van der Waals surface area contributed by atoms with Crippen LogP contribution in [0.3, 0.4) is 0 Å². The highest BCUT2D eigenvalue weighted by molar-refractivity contribution is 9.10. The highest BCUT2D eigenvalue weighted by atomic mass is 79.9. The summed E-state index contributed by atoms with van der Waals surface area (Å²) in [5, 5.41) is 3.31. The van der Waals surface area contributed by atoms with Crippen LogP contribution in [0.5, 0.6) is 0 Å². The van der Waals surface area contributed by atoms with E-state index in [2.05, 4.69) is 33.9 Å². The molecule has 0 atom stereocenters. The molecule has 2 nitrogen and oxygen atoms in total. The Morgan fingerprint density at radius 3 is 2.86 bits per heavy atom. The minimum atomic E-state index is -0.158. The van der Waals surface area contributed by atoms with Gasteiger partial charge in [0.15, 0.2) is 0 Å². The summed E-state index contributed by atoms with van der Waals surface area (Å²) in [6.07, 6.45) is 0. The van der Waals surface area contributed by atoms with Crippen molar-refractivity contribution in [1.82, 2.24) is 0 Å². The zero-order valence-electron chi connectivity index (χ0n) is 7.47. The number of benzene rings is 1. The number of thiol groups is 1. The predicted molar refractivity (Wildman–Crippen MR) is 66.4 cm³/mol. The maximum absolute atomic E-state index is 11.1. The van der Waals surface area contributed by atoms with Crippen molar-refractivity contribution in [3.63, 3.8) is 0 Å². The summed E-state index contributed by atoms with van der Waals surface area (Å²) in [5.74, 6) is -0.00765. The average molecular weight is 295 g/mol. The van der Waals surface area contributed by atoms with Crippen LogP contribution in [0.4, 0.5) is 5.69 Å². The molecule has 0 fully saturated rings. The maximum atomic E-state index is 11.1. The number of aryl methyl sites for hydroxylation is 1. The number of rotatable bonds is 2. The molecule has 1 aromatic carbocycles. The van der Waals surface area contributed by atoms with Gasteiger partial charge in [-0.1, -0.05) is 11.6 Å². The topological polar surface area (TPSA) is 29.1 Å². The van der Waals surface area contributed by atoms with E-state index in [0.29, 0.717) is 10.7 Å². The molecule has 0 bridgehead atoms. The van der Waals surface area contributed by atoms with Gasteiger partial charge in [-0.15, -0.1) is 0 Å². The molecule has 0 aliphatic heterocycles. The minimum absolute atomic E-state index is 0.151. The summed E-state index contributed by atoms with van der Waals surface area (Å²) < 4.78 is 0.814. The molecule has 76 valence electrons. The van der Waals surface area contributed by atoms with Crippen LogP contribution in [0.25, 0.3) is 0 Å². The van der Waals surface area contributed by atoms with Crippen LogP contribution < -0.4 is 5.32 Å². The third kappa shape index (κ3) is 2.90. The summed E-state index contributed by atoms with van der Waals surface area (Å²) in [7, 11) is 0. The summed E-state index contributed by atoms with van der Waals surface area (Å²) in [5.41, 5.74) is 1.63. The van der Waals surface area contributed by atoms with E-state index < -0.39 is 0 Å². The molecule has 0 saturated heterocycles. The molecule has 0 aliphatic carbocycles. The number of nitrogens with one attached hydrogen (secondary N) is 1. The second-order valence-corrected chi connectivity index (χ2v) is 4.37. The lowest BCUT2D eigenvalue weighted by Gasteiger charge is -2.08. The number of hydrogen-bond donors (Lipinski definition) is 2. The fourth-order valence-corrected chi connectivity index (χ4v) is 1.73. The quantitative estimate of drug-likeness (QED) is 0.805. The number of halogens is 2. The number of carbonyl (C=O) groups is 1. The van der Waals surface area contributed by atoms with Crippen LogP contribution in [0.15, 0.2) is 16.6 Å². The van der Waals surface area contributed by atoms with E-state index in [4.69, 9.17) is 11.6 Å². The van der Waals surface area contributed by atoms with Gasteiger partial charge in [0.25, 0.3) is 0 Å². The van der Waals surface area contributed by atoms with Gasteiger partial charge < -0.3 is 5.32 Å². The Labute approximate surface area is 102 Å². The summed E-state index contributed by atoms with van der Waals surface area (Å²) >= 11 is 13.1. The van der Waals surface area contributed by atoms with Gasteiger partial charge in [-0.05, 0) is 40.5 Å². The minimum Gasteiger partial charge on any atom is -0.324 e. The first kappa shape index (κ1) is 11.9. The second-order valence-electron chi connectivity index (χ2n) is 2.79. The zero-order chi connectivity index (χ0) is 10.7. The highest BCUT2D eigenvalue weighted by Gasteiger charge is 2.06. The Morgan fingerprint density at radius 2 is 2.29 bits per heavy atom. The molecule has 5 heteroatoms. The summed E-state index contributed by atoms with van der Waals surface area (Å²) in [6.45, 7) is 1.90. The Morgan fingerprint density at radius 1 is 1.64 bits per heavy atom. The third-order valence-corrected chi connectivity index (χ3v) is 3.02. The number of anilines is 1. The molecule has 0 heterocycles. The monoisotopic (exact) mass is 293 g/mol. The zero-order valence-corrected chi connectivity index (χ0v) is 10.7. The molecule has 1 aromatic rings. The summed E-state index contributed by atoms with van der Waals surface area (Å²) in [4.78, 5) is 11.1. The first-order valence-electron chi connectivity index (χ1n) is 3.91. The average Bonchev–Trinajstić information content (AvgIpc) is 2.14. The Bertz CT molecular complexity index is 370. The number of carbonyl (C=O) groups excluding carboxylic acids is 1. The standard InChI is InChI=1S/C9H9BrClNOS/c1-5-2-6(10)8(3-7(5)11)12-9(13)4-14/h2-3,14H,4H2,1H3,(H,12,13). The lowest BCUT2D eigenvalue weighted by Crippen LogP contribution is -2.13. The van der Waals surface area contributed by atoms with Gasteiger partial charge in [0.05, 0.1) is 11.4 Å². The van der Waals surface area contributed by atoms with Gasteiger partial charge in [-0.3, -0.25) is 4.79 Å². The van der Waals surface area contributed by atoms with E-state index in [0.717, 1.165) is 10.0 Å². The van der Waals surface area contributed by atoms with Crippen molar-refractivity contribution >= 4 is 51.8 Å². The SMILES string of the molecule is Cc1cc(Br)c(NC(=O)CS)cc1Cl. The molecule has 1 amide bonds. The molecule has 0 aromatic heterocycles. The van der Waals surface area contributed by atoms with E-state index in [9.17, 15) is 4.79 Å². The van der Waals surface area contributed by atoms with Crippen molar-refractivity contribution in [3.05, 3.63) is 27.2 Å². The van der Waals surface area contributed by atoms with E-state index in [1.54, 1.807) is 6.07 Å². The lowest BCUT2D eigenvalue weighted by atomic mass is 10.2. The van der Waals surface area contributed by atoms with Crippen LogP contribution in [0.1, 0.15) is 5.56 Å². The van der Waals surface area contributed by atoms with Crippen LogP contribution >= 0.6 is 40.2 Å².